The second-order valence-electron chi connectivity index (χ2n) is 9.77. The van der Waals surface area contributed by atoms with E-state index < -0.39 is 23.6 Å². The van der Waals surface area contributed by atoms with E-state index in [0.29, 0.717) is 16.1 Å². The lowest BCUT2D eigenvalue weighted by Gasteiger charge is -2.27. The van der Waals surface area contributed by atoms with Crippen LogP contribution in [0.15, 0.2) is 78.9 Å². The topological polar surface area (TPSA) is 85.9 Å². The summed E-state index contributed by atoms with van der Waals surface area (Å²) in [6.45, 7) is 4.30. The number of rotatable bonds is 7. The number of nitrogens with one attached hydrogen (secondary N) is 2. The molecule has 2 amide bonds. The van der Waals surface area contributed by atoms with Crippen LogP contribution in [0.1, 0.15) is 34.6 Å². The van der Waals surface area contributed by atoms with Crippen LogP contribution in [0.2, 0.25) is 5.02 Å². The number of carbonyl (C=O) groups is 2. The van der Waals surface area contributed by atoms with Gasteiger partial charge < -0.3 is 24.8 Å². The number of benzene rings is 3. The van der Waals surface area contributed by atoms with E-state index in [-0.39, 0.29) is 31.5 Å². The van der Waals surface area contributed by atoms with E-state index in [1.165, 1.54) is 0 Å². The van der Waals surface area contributed by atoms with Crippen LogP contribution in [0.4, 0.5) is 0 Å². The molecule has 0 saturated carbocycles. The van der Waals surface area contributed by atoms with Crippen molar-refractivity contribution in [2.45, 2.75) is 37.4 Å². The maximum Gasteiger partial charge on any atom is 0.252 e. The average molecular weight is 521 g/mol. The Balaban J connectivity index is 1.23. The average Bonchev–Trinajstić information content (AvgIpc) is 3.36. The van der Waals surface area contributed by atoms with Gasteiger partial charge in [-0.1, -0.05) is 66.2 Å². The summed E-state index contributed by atoms with van der Waals surface area (Å²) >= 11 is 6.15. The first-order valence-electron chi connectivity index (χ1n) is 12.2. The molecule has 2 aliphatic rings. The number of hydrogen-bond donors (Lipinski definition) is 2. The fourth-order valence-corrected chi connectivity index (χ4v) is 5.13. The summed E-state index contributed by atoms with van der Waals surface area (Å²) in [7, 11) is 0. The van der Waals surface area contributed by atoms with E-state index in [1.54, 1.807) is 36.4 Å². The smallest absolute Gasteiger partial charge is 0.252 e. The van der Waals surface area contributed by atoms with Crippen LogP contribution >= 0.6 is 11.6 Å². The molecule has 2 heterocycles. The second kappa shape index (κ2) is 10.3. The highest BCUT2D eigenvalue weighted by molar-refractivity contribution is 6.33. The summed E-state index contributed by atoms with van der Waals surface area (Å²) in [5, 5.41) is 6.24. The zero-order chi connectivity index (χ0) is 26.0. The van der Waals surface area contributed by atoms with Gasteiger partial charge in [0.15, 0.2) is 5.79 Å². The third-order valence-electron chi connectivity index (χ3n) is 6.64. The number of halogens is 1. The molecule has 1 unspecified atom stereocenters. The van der Waals surface area contributed by atoms with Crippen molar-refractivity contribution in [2.24, 2.45) is 0 Å². The van der Waals surface area contributed by atoms with Crippen molar-refractivity contribution in [1.29, 1.82) is 0 Å². The molecule has 3 aromatic carbocycles. The minimum Gasteiger partial charge on any atom is -0.370 e. The minimum atomic E-state index is -0.872. The van der Waals surface area contributed by atoms with E-state index in [4.69, 9.17) is 25.8 Å². The largest absolute Gasteiger partial charge is 0.370 e. The molecule has 3 atom stereocenters. The molecule has 2 saturated heterocycles. The van der Waals surface area contributed by atoms with Gasteiger partial charge in [-0.3, -0.25) is 9.59 Å². The maximum atomic E-state index is 13.0. The Labute approximate surface area is 221 Å². The van der Waals surface area contributed by atoms with E-state index in [9.17, 15) is 9.59 Å². The summed E-state index contributed by atoms with van der Waals surface area (Å²) in [6, 6.07) is 24.3. The second-order valence-corrected chi connectivity index (χ2v) is 10.2. The van der Waals surface area contributed by atoms with Crippen molar-refractivity contribution >= 4 is 23.4 Å². The standard InChI is InChI=1S/C29H29ClN2O5/c1-28(2)36-25-24(16-31-27(34)22-10-6-7-11-23(22)30)35-18-29(25,37-28)17-32-26(33)21-14-12-20(13-15-21)19-8-4-3-5-9-19/h3-15,24-25H,16-18H2,1-2H3,(H,31,34)(H,32,33)/t24?,25-,29+/m1/s1. The van der Waals surface area contributed by atoms with Crippen LogP contribution < -0.4 is 10.6 Å². The molecular formula is C29H29ClN2O5. The normalized spacial score (nSPS) is 23.9. The molecule has 0 radical (unpaired) electrons. The first kappa shape index (κ1) is 25.4. The number of fused-ring (bicyclic) bond motifs is 1. The van der Waals surface area contributed by atoms with Crippen LogP contribution in [-0.4, -0.2) is 55.1 Å². The molecule has 2 N–H and O–H groups in total. The fraction of sp³-hybridized carbons (Fsp3) is 0.310. The Morgan fingerprint density at radius 2 is 1.57 bits per heavy atom. The quantitative estimate of drug-likeness (QED) is 0.480. The summed E-state index contributed by atoms with van der Waals surface area (Å²) in [5.41, 5.74) is 2.20. The molecule has 8 heteroatoms. The van der Waals surface area contributed by atoms with Gasteiger partial charge in [0, 0.05) is 12.1 Å². The van der Waals surface area contributed by atoms with Crippen molar-refractivity contribution in [1.82, 2.24) is 10.6 Å². The highest BCUT2D eigenvalue weighted by Gasteiger charge is 2.61. The van der Waals surface area contributed by atoms with Crippen molar-refractivity contribution in [3.05, 3.63) is 95.0 Å². The van der Waals surface area contributed by atoms with Crippen molar-refractivity contribution in [2.75, 3.05) is 19.7 Å². The van der Waals surface area contributed by atoms with Crippen LogP contribution in [0, 0.1) is 0 Å². The first-order valence-corrected chi connectivity index (χ1v) is 12.6. The molecule has 2 fully saturated rings. The van der Waals surface area contributed by atoms with Crippen molar-refractivity contribution in [3.63, 3.8) is 0 Å². The van der Waals surface area contributed by atoms with Crippen molar-refractivity contribution < 1.29 is 23.8 Å². The monoisotopic (exact) mass is 520 g/mol. The van der Waals surface area contributed by atoms with E-state index in [0.717, 1.165) is 11.1 Å². The molecule has 0 aromatic heterocycles. The summed E-state index contributed by atoms with van der Waals surface area (Å²) in [5.74, 6) is -1.37. The number of ether oxygens (including phenoxy) is 3. The van der Waals surface area contributed by atoms with Gasteiger partial charge in [-0.05, 0) is 49.2 Å². The molecule has 0 spiro atoms. The number of amides is 2. The van der Waals surface area contributed by atoms with Crippen molar-refractivity contribution in [3.8, 4) is 11.1 Å². The predicted molar refractivity (Wildman–Crippen MR) is 141 cm³/mol. The lowest BCUT2D eigenvalue weighted by Crippen LogP contribution is -2.52. The molecule has 2 aliphatic heterocycles. The van der Waals surface area contributed by atoms with Gasteiger partial charge in [-0.15, -0.1) is 0 Å². The third kappa shape index (κ3) is 5.40. The molecule has 37 heavy (non-hydrogen) atoms. The van der Waals surface area contributed by atoms with Gasteiger partial charge >= 0.3 is 0 Å². The van der Waals surface area contributed by atoms with E-state index >= 15 is 0 Å². The molecule has 0 aliphatic carbocycles. The highest BCUT2D eigenvalue weighted by atomic mass is 35.5. The van der Waals surface area contributed by atoms with Crippen LogP contribution in [0.25, 0.3) is 11.1 Å². The molecular weight excluding hydrogens is 492 g/mol. The van der Waals surface area contributed by atoms with E-state index in [1.807, 2.05) is 56.3 Å². The zero-order valence-corrected chi connectivity index (χ0v) is 21.5. The molecule has 7 nitrogen and oxygen atoms in total. The fourth-order valence-electron chi connectivity index (χ4n) is 4.91. The van der Waals surface area contributed by atoms with Gasteiger partial charge in [-0.25, -0.2) is 0 Å². The molecule has 192 valence electrons. The Kier molecular flexibility index (Phi) is 7.05. The predicted octanol–water partition coefficient (Wildman–Crippen LogP) is 4.46. The summed E-state index contributed by atoms with van der Waals surface area (Å²) in [4.78, 5) is 25.6. The first-order chi connectivity index (χ1) is 17.8. The highest BCUT2D eigenvalue weighted by Crippen LogP contribution is 2.43. The zero-order valence-electron chi connectivity index (χ0n) is 20.7. The lowest BCUT2D eigenvalue weighted by atomic mass is 9.96. The summed E-state index contributed by atoms with van der Waals surface area (Å²) in [6.07, 6.45) is -0.926. The van der Waals surface area contributed by atoms with Gasteiger partial charge in [-0.2, -0.15) is 0 Å². The van der Waals surface area contributed by atoms with Gasteiger partial charge in [0.25, 0.3) is 11.8 Å². The van der Waals surface area contributed by atoms with Crippen LogP contribution in [0.3, 0.4) is 0 Å². The SMILES string of the molecule is CC1(C)O[C@@H]2C(CNC(=O)c3ccccc3Cl)OC[C@]2(CNC(=O)c2ccc(-c3ccccc3)cc2)O1. The Morgan fingerprint density at radius 1 is 0.892 bits per heavy atom. The van der Waals surface area contributed by atoms with Crippen LogP contribution in [-0.2, 0) is 14.2 Å². The Morgan fingerprint density at radius 3 is 2.30 bits per heavy atom. The van der Waals surface area contributed by atoms with Gasteiger partial charge in [0.05, 0.1) is 23.7 Å². The summed E-state index contributed by atoms with van der Waals surface area (Å²) < 4.78 is 18.4. The maximum absolute atomic E-state index is 13.0. The van der Waals surface area contributed by atoms with E-state index in [2.05, 4.69) is 10.6 Å². The van der Waals surface area contributed by atoms with Crippen LogP contribution in [0.5, 0.6) is 0 Å². The number of carbonyl (C=O) groups excluding carboxylic acids is 2. The Hall–Kier alpha value is -3.23. The lowest BCUT2D eigenvalue weighted by molar-refractivity contribution is -0.188. The molecule has 3 aromatic rings. The van der Waals surface area contributed by atoms with Gasteiger partial charge in [0.2, 0.25) is 0 Å². The van der Waals surface area contributed by atoms with Gasteiger partial charge in [0.1, 0.15) is 17.8 Å². The number of hydrogen-bond acceptors (Lipinski definition) is 5. The third-order valence-corrected chi connectivity index (χ3v) is 6.97. The minimum absolute atomic E-state index is 0.204. The molecule has 0 bridgehead atoms. The Bertz CT molecular complexity index is 1280. The molecule has 5 rings (SSSR count).